The van der Waals surface area contributed by atoms with Gasteiger partial charge in [0, 0.05) is 31.2 Å². The molecule has 4 rings (SSSR count). The summed E-state index contributed by atoms with van der Waals surface area (Å²) in [6.07, 6.45) is 8.24. The molecule has 6 heteroatoms. The summed E-state index contributed by atoms with van der Waals surface area (Å²) in [6, 6.07) is 5.64. The number of hydrogen-bond donors (Lipinski definition) is 2. The molecule has 3 fully saturated rings. The monoisotopic (exact) mass is 385 g/mol. The number of rotatable bonds is 6. The van der Waals surface area contributed by atoms with Gasteiger partial charge in [0.05, 0.1) is 24.5 Å². The number of nitrogens with one attached hydrogen (secondary N) is 2. The van der Waals surface area contributed by atoms with Crippen molar-refractivity contribution in [2.75, 3.05) is 43.1 Å². The van der Waals surface area contributed by atoms with Crippen molar-refractivity contribution in [3.05, 3.63) is 23.8 Å². The summed E-state index contributed by atoms with van der Waals surface area (Å²) in [7, 11) is 0. The number of amides is 2. The van der Waals surface area contributed by atoms with E-state index in [2.05, 4.69) is 15.5 Å². The maximum absolute atomic E-state index is 12.9. The number of carbonyl (C=O) groups excluding carboxylic acids is 2. The number of nitrogens with zero attached hydrogens (tertiary/aromatic N) is 1. The molecule has 2 amide bonds. The molecular formula is C22H31N3O3. The first-order valence-corrected chi connectivity index (χ1v) is 10.8. The molecule has 0 radical (unpaired) electrons. The molecule has 6 nitrogen and oxygen atoms in total. The molecule has 0 spiro atoms. The van der Waals surface area contributed by atoms with Gasteiger partial charge in [-0.1, -0.05) is 19.3 Å². The second-order valence-corrected chi connectivity index (χ2v) is 8.31. The summed E-state index contributed by atoms with van der Waals surface area (Å²) in [5.41, 5.74) is 2.34. The van der Waals surface area contributed by atoms with Gasteiger partial charge in [0.1, 0.15) is 0 Å². The number of ether oxygens (including phenoxy) is 1. The van der Waals surface area contributed by atoms with E-state index in [0.717, 1.165) is 43.9 Å². The molecule has 1 aromatic carbocycles. The van der Waals surface area contributed by atoms with Crippen molar-refractivity contribution in [2.24, 2.45) is 11.8 Å². The van der Waals surface area contributed by atoms with Gasteiger partial charge >= 0.3 is 0 Å². The second kappa shape index (κ2) is 8.95. The molecule has 0 atom stereocenters. The van der Waals surface area contributed by atoms with Crippen LogP contribution in [0, 0.1) is 11.8 Å². The van der Waals surface area contributed by atoms with Gasteiger partial charge in [-0.15, -0.1) is 0 Å². The van der Waals surface area contributed by atoms with Gasteiger partial charge in [0.15, 0.2) is 0 Å². The highest BCUT2D eigenvalue weighted by atomic mass is 16.5. The second-order valence-electron chi connectivity index (χ2n) is 8.31. The maximum atomic E-state index is 12.9. The summed E-state index contributed by atoms with van der Waals surface area (Å²) in [6.45, 7) is 3.57. The van der Waals surface area contributed by atoms with Crippen molar-refractivity contribution in [1.82, 2.24) is 5.32 Å². The van der Waals surface area contributed by atoms with Crippen molar-refractivity contribution in [3.8, 4) is 0 Å². The minimum Gasteiger partial charge on any atom is -0.378 e. The molecule has 0 aromatic heterocycles. The third kappa shape index (κ3) is 4.85. The fraction of sp³-hybridized carbons (Fsp3) is 0.636. The van der Waals surface area contributed by atoms with Crippen molar-refractivity contribution in [2.45, 2.75) is 44.9 Å². The Bertz CT molecular complexity index is 705. The Morgan fingerprint density at radius 2 is 1.79 bits per heavy atom. The van der Waals surface area contributed by atoms with Crippen LogP contribution in [0.3, 0.4) is 0 Å². The molecule has 1 aliphatic heterocycles. The Morgan fingerprint density at radius 1 is 1.04 bits per heavy atom. The summed E-state index contributed by atoms with van der Waals surface area (Å²) >= 11 is 0. The predicted octanol–water partition coefficient (Wildman–Crippen LogP) is 3.18. The average molecular weight is 386 g/mol. The van der Waals surface area contributed by atoms with Crippen LogP contribution in [0.15, 0.2) is 18.2 Å². The molecule has 0 unspecified atom stereocenters. The summed E-state index contributed by atoms with van der Waals surface area (Å²) in [5.74, 6) is 0.821. The van der Waals surface area contributed by atoms with Gasteiger partial charge in [0.2, 0.25) is 5.91 Å². The van der Waals surface area contributed by atoms with E-state index in [4.69, 9.17) is 4.74 Å². The molecule has 1 aromatic rings. The normalized spacial score (nSPS) is 20.6. The highest BCUT2D eigenvalue weighted by Gasteiger charge is 2.30. The third-order valence-electron chi connectivity index (χ3n) is 6.09. The van der Waals surface area contributed by atoms with Crippen LogP contribution in [-0.4, -0.2) is 44.7 Å². The fourth-order valence-corrected chi connectivity index (χ4v) is 4.18. The Labute approximate surface area is 167 Å². The SMILES string of the molecule is O=C(NCC1CCCCC1)c1ccc(NC(=O)C2CC2)cc1N1CCOCC1. The van der Waals surface area contributed by atoms with Crippen LogP contribution in [0.4, 0.5) is 11.4 Å². The van der Waals surface area contributed by atoms with E-state index in [9.17, 15) is 9.59 Å². The molecule has 152 valence electrons. The van der Waals surface area contributed by atoms with Crippen LogP contribution < -0.4 is 15.5 Å². The van der Waals surface area contributed by atoms with E-state index >= 15 is 0 Å². The lowest BCUT2D eigenvalue weighted by atomic mass is 9.89. The Kier molecular flexibility index (Phi) is 6.15. The van der Waals surface area contributed by atoms with E-state index in [1.165, 1.54) is 32.1 Å². The van der Waals surface area contributed by atoms with Gasteiger partial charge in [-0.3, -0.25) is 9.59 Å². The molecule has 28 heavy (non-hydrogen) atoms. The summed E-state index contributed by atoms with van der Waals surface area (Å²) in [5, 5.41) is 6.16. The van der Waals surface area contributed by atoms with Gasteiger partial charge in [0.25, 0.3) is 5.91 Å². The maximum Gasteiger partial charge on any atom is 0.253 e. The molecule has 2 aliphatic carbocycles. The van der Waals surface area contributed by atoms with E-state index in [1.54, 1.807) is 0 Å². The summed E-state index contributed by atoms with van der Waals surface area (Å²) in [4.78, 5) is 27.3. The van der Waals surface area contributed by atoms with Gasteiger partial charge in [-0.25, -0.2) is 0 Å². The van der Waals surface area contributed by atoms with Crippen molar-refractivity contribution in [3.63, 3.8) is 0 Å². The van der Waals surface area contributed by atoms with Crippen LogP contribution in [0.2, 0.25) is 0 Å². The van der Waals surface area contributed by atoms with E-state index < -0.39 is 0 Å². The van der Waals surface area contributed by atoms with Crippen molar-refractivity contribution in [1.29, 1.82) is 0 Å². The number of benzene rings is 1. The minimum atomic E-state index is -0.0212. The molecular weight excluding hydrogens is 354 g/mol. The first-order valence-electron chi connectivity index (χ1n) is 10.8. The quantitative estimate of drug-likeness (QED) is 0.789. The Balaban J connectivity index is 1.48. The van der Waals surface area contributed by atoms with Crippen LogP contribution in [0.1, 0.15) is 55.3 Å². The molecule has 0 bridgehead atoms. The van der Waals surface area contributed by atoms with Gasteiger partial charge in [-0.05, 0) is 49.8 Å². The highest BCUT2D eigenvalue weighted by molar-refractivity contribution is 6.02. The summed E-state index contributed by atoms with van der Waals surface area (Å²) < 4.78 is 5.47. The topological polar surface area (TPSA) is 70.7 Å². The lowest BCUT2D eigenvalue weighted by Gasteiger charge is -2.31. The standard InChI is InChI=1S/C22H31N3O3/c26-21(17-6-7-17)24-18-8-9-19(20(14-18)25-10-12-28-13-11-25)22(27)23-15-16-4-2-1-3-5-16/h8-9,14,16-17H,1-7,10-13,15H2,(H,23,27)(H,24,26). The van der Waals surface area contributed by atoms with Crippen LogP contribution in [-0.2, 0) is 9.53 Å². The third-order valence-corrected chi connectivity index (χ3v) is 6.09. The van der Waals surface area contributed by atoms with Gasteiger partial charge < -0.3 is 20.3 Å². The molecule has 1 heterocycles. The largest absolute Gasteiger partial charge is 0.378 e. The van der Waals surface area contributed by atoms with E-state index in [0.29, 0.717) is 24.7 Å². The smallest absolute Gasteiger partial charge is 0.253 e. The average Bonchev–Trinajstić information content (AvgIpc) is 3.59. The number of carbonyl (C=O) groups is 2. The zero-order valence-corrected chi connectivity index (χ0v) is 16.5. The highest BCUT2D eigenvalue weighted by Crippen LogP contribution is 2.32. The van der Waals surface area contributed by atoms with E-state index in [-0.39, 0.29) is 17.7 Å². The zero-order valence-electron chi connectivity index (χ0n) is 16.5. The lowest BCUT2D eigenvalue weighted by Crippen LogP contribution is -2.38. The minimum absolute atomic E-state index is 0.0212. The Morgan fingerprint density at radius 3 is 2.50 bits per heavy atom. The fourth-order valence-electron chi connectivity index (χ4n) is 4.18. The number of hydrogen-bond acceptors (Lipinski definition) is 4. The first-order chi connectivity index (χ1) is 13.7. The number of morpholine rings is 1. The molecule has 2 saturated carbocycles. The predicted molar refractivity (Wildman–Crippen MR) is 110 cm³/mol. The number of anilines is 2. The van der Waals surface area contributed by atoms with Gasteiger partial charge in [-0.2, -0.15) is 0 Å². The zero-order chi connectivity index (χ0) is 19.3. The molecule has 2 N–H and O–H groups in total. The van der Waals surface area contributed by atoms with E-state index in [1.807, 2.05) is 18.2 Å². The van der Waals surface area contributed by atoms with Crippen LogP contribution >= 0.6 is 0 Å². The Hall–Kier alpha value is -2.08. The first kappa shape index (κ1) is 19.2. The lowest BCUT2D eigenvalue weighted by molar-refractivity contribution is -0.117. The van der Waals surface area contributed by atoms with Crippen molar-refractivity contribution < 1.29 is 14.3 Å². The van der Waals surface area contributed by atoms with Crippen LogP contribution in [0.25, 0.3) is 0 Å². The van der Waals surface area contributed by atoms with Crippen molar-refractivity contribution >= 4 is 23.2 Å². The molecule has 3 aliphatic rings. The molecule has 1 saturated heterocycles. The van der Waals surface area contributed by atoms with Crippen LogP contribution in [0.5, 0.6) is 0 Å².